The van der Waals surface area contributed by atoms with Crippen molar-refractivity contribution in [1.82, 2.24) is 0 Å². The minimum Gasteiger partial charge on any atom is -0.462 e. The van der Waals surface area contributed by atoms with E-state index in [1.54, 1.807) is 0 Å². The lowest BCUT2D eigenvalue weighted by molar-refractivity contribution is -0.166. The van der Waals surface area contributed by atoms with Gasteiger partial charge in [0.15, 0.2) is 6.10 Å². The first-order valence-electron chi connectivity index (χ1n) is 30.3. The van der Waals surface area contributed by atoms with Gasteiger partial charge >= 0.3 is 17.9 Å². The summed E-state index contributed by atoms with van der Waals surface area (Å²) in [5.74, 6) is -1.01. The highest BCUT2D eigenvalue weighted by atomic mass is 16.6. The molecule has 0 spiro atoms. The van der Waals surface area contributed by atoms with Gasteiger partial charge in [-0.3, -0.25) is 14.4 Å². The van der Waals surface area contributed by atoms with Gasteiger partial charge in [0.2, 0.25) is 0 Å². The van der Waals surface area contributed by atoms with Crippen LogP contribution in [0.1, 0.15) is 252 Å². The van der Waals surface area contributed by atoms with Gasteiger partial charge < -0.3 is 14.2 Å². The average Bonchev–Trinajstić information content (AvgIpc) is 3.41. The SMILES string of the molecule is CC/C=C\C/C=C\C/C=C\C/C=C\C/C=C\C/C=C\CCCCCCCCCCCCCCC(=O)OCC(COC(=O)CCCCCCCCC)OC(=O)CC/C=C\C/C=C\C/C=C\C/C=C\C/C=C\C/C=C\CC. The van der Waals surface area contributed by atoms with Crippen LogP contribution in [0.3, 0.4) is 0 Å². The molecular formula is C69H110O6. The van der Waals surface area contributed by atoms with Crippen molar-refractivity contribution in [2.75, 3.05) is 13.2 Å². The number of esters is 3. The minimum atomic E-state index is -0.821. The highest BCUT2D eigenvalue weighted by Gasteiger charge is 2.19. The molecule has 0 rings (SSSR count). The molecule has 422 valence electrons. The van der Waals surface area contributed by atoms with E-state index in [0.29, 0.717) is 19.3 Å². The molecule has 6 nitrogen and oxygen atoms in total. The third-order valence-corrected chi connectivity index (χ3v) is 12.4. The van der Waals surface area contributed by atoms with Crippen molar-refractivity contribution in [2.45, 2.75) is 258 Å². The zero-order valence-electron chi connectivity index (χ0n) is 48.3. The largest absolute Gasteiger partial charge is 0.462 e. The first kappa shape index (κ1) is 70.3. The number of allylic oxidation sites excluding steroid dienone is 24. The number of ether oxygens (including phenoxy) is 3. The van der Waals surface area contributed by atoms with Gasteiger partial charge in [0, 0.05) is 19.3 Å². The number of carbonyl (C=O) groups is 3. The number of hydrogen-bond acceptors (Lipinski definition) is 6. The molecular weight excluding hydrogens is 925 g/mol. The Hall–Kier alpha value is -4.71. The van der Waals surface area contributed by atoms with Crippen molar-refractivity contribution < 1.29 is 28.6 Å². The first-order chi connectivity index (χ1) is 37.0. The zero-order valence-corrected chi connectivity index (χ0v) is 48.3. The monoisotopic (exact) mass is 1030 g/mol. The van der Waals surface area contributed by atoms with E-state index in [2.05, 4.69) is 154 Å². The lowest BCUT2D eigenvalue weighted by atomic mass is 10.0. The summed E-state index contributed by atoms with van der Waals surface area (Å²) in [6.45, 7) is 6.29. The summed E-state index contributed by atoms with van der Waals surface area (Å²) in [7, 11) is 0. The van der Waals surface area contributed by atoms with Crippen LogP contribution in [0.4, 0.5) is 0 Å². The van der Waals surface area contributed by atoms with E-state index >= 15 is 0 Å². The molecule has 0 aliphatic rings. The predicted octanol–water partition coefficient (Wildman–Crippen LogP) is 20.8. The van der Waals surface area contributed by atoms with E-state index < -0.39 is 12.1 Å². The van der Waals surface area contributed by atoms with Crippen LogP contribution in [0.2, 0.25) is 0 Å². The molecule has 1 atom stereocenters. The van der Waals surface area contributed by atoms with Crippen molar-refractivity contribution in [2.24, 2.45) is 0 Å². The molecule has 0 saturated carbocycles. The summed E-state index contributed by atoms with van der Waals surface area (Å²) in [6.07, 6.45) is 88.9. The second kappa shape index (κ2) is 61.8. The maximum absolute atomic E-state index is 12.8. The molecule has 0 aliphatic heterocycles. The van der Waals surface area contributed by atoms with Crippen LogP contribution in [-0.4, -0.2) is 37.2 Å². The first-order valence-corrected chi connectivity index (χ1v) is 30.3. The van der Waals surface area contributed by atoms with Crippen LogP contribution in [0.5, 0.6) is 0 Å². The molecule has 0 bridgehead atoms. The molecule has 0 amide bonds. The van der Waals surface area contributed by atoms with Gasteiger partial charge in [-0.1, -0.05) is 269 Å². The summed E-state index contributed by atoms with van der Waals surface area (Å²) in [6, 6.07) is 0. The van der Waals surface area contributed by atoms with Crippen LogP contribution >= 0.6 is 0 Å². The number of carbonyl (C=O) groups excluding carboxylic acids is 3. The van der Waals surface area contributed by atoms with Gasteiger partial charge in [0.1, 0.15) is 13.2 Å². The second-order valence-corrected chi connectivity index (χ2v) is 19.5. The van der Waals surface area contributed by atoms with E-state index in [9.17, 15) is 14.4 Å². The highest BCUT2D eigenvalue weighted by molar-refractivity contribution is 5.71. The number of hydrogen-bond donors (Lipinski definition) is 0. The van der Waals surface area contributed by atoms with Crippen molar-refractivity contribution >= 4 is 17.9 Å². The molecule has 0 aliphatic carbocycles. The molecule has 0 saturated heterocycles. The molecule has 0 N–H and O–H groups in total. The van der Waals surface area contributed by atoms with Gasteiger partial charge in [-0.05, 0) is 109 Å². The van der Waals surface area contributed by atoms with E-state index in [1.165, 1.54) is 89.9 Å². The lowest BCUT2D eigenvalue weighted by Crippen LogP contribution is -2.30. The summed E-state index contributed by atoms with van der Waals surface area (Å²) < 4.78 is 16.7. The summed E-state index contributed by atoms with van der Waals surface area (Å²) in [4.78, 5) is 38.0. The fourth-order valence-corrected chi connectivity index (χ4v) is 7.88. The topological polar surface area (TPSA) is 78.9 Å². The Morgan fingerprint density at radius 3 is 0.867 bits per heavy atom. The van der Waals surface area contributed by atoms with Gasteiger partial charge in [-0.2, -0.15) is 0 Å². The highest BCUT2D eigenvalue weighted by Crippen LogP contribution is 2.15. The maximum atomic E-state index is 12.8. The van der Waals surface area contributed by atoms with Crippen LogP contribution < -0.4 is 0 Å². The number of unbranched alkanes of at least 4 members (excludes halogenated alkanes) is 18. The van der Waals surface area contributed by atoms with Gasteiger partial charge in [0.25, 0.3) is 0 Å². The van der Waals surface area contributed by atoms with Crippen LogP contribution in [-0.2, 0) is 28.6 Å². The molecule has 1 unspecified atom stereocenters. The lowest BCUT2D eigenvalue weighted by Gasteiger charge is -2.18. The minimum absolute atomic E-state index is 0.112. The molecule has 6 heteroatoms. The predicted molar refractivity (Wildman–Crippen MR) is 325 cm³/mol. The van der Waals surface area contributed by atoms with Crippen LogP contribution in [0.25, 0.3) is 0 Å². The fraction of sp³-hybridized carbons (Fsp3) is 0.609. The zero-order chi connectivity index (χ0) is 54.3. The number of rotatable bonds is 53. The molecule has 0 aromatic rings. The Balaban J connectivity index is 4.22. The molecule has 75 heavy (non-hydrogen) atoms. The normalized spacial score (nSPS) is 13.2. The van der Waals surface area contributed by atoms with Gasteiger partial charge in [-0.25, -0.2) is 0 Å². The van der Waals surface area contributed by atoms with Crippen molar-refractivity contribution in [3.05, 3.63) is 146 Å². The average molecular weight is 1040 g/mol. The molecule has 0 aromatic heterocycles. The Labute approximate surface area is 461 Å². The van der Waals surface area contributed by atoms with Gasteiger partial charge in [-0.15, -0.1) is 0 Å². The van der Waals surface area contributed by atoms with Gasteiger partial charge in [0.05, 0.1) is 0 Å². The van der Waals surface area contributed by atoms with Crippen LogP contribution in [0, 0.1) is 0 Å². The smallest absolute Gasteiger partial charge is 0.306 e. The summed E-state index contributed by atoms with van der Waals surface area (Å²) in [5.41, 5.74) is 0. The maximum Gasteiger partial charge on any atom is 0.306 e. The Kier molecular flexibility index (Phi) is 58.0. The van der Waals surface area contributed by atoms with E-state index in [1.807, 2.05) is 12.2 Å². The fourth-order valence-electron chi connectivity index (χ4n) is 7.88. The Bertz CT molecular complexity index is 1660. The van der Waals surface area contributed by atoms with E-state index in [-0.39, 0.29) is 31.6 Å². The van der Waals surface area contributed by atoms with Crippen molar-refractivity contribution in [3.63, 3.8) is 0 Å². The third kappa shape index (κ3) is 60.0. The molecule has 0 fully saturated rings. The molecule has 0 radical (unpaired) electrons. The van der Waals surface area contributed by atoms with E-state index in [4.69, 9.17) is 14.2 Å². The second-order valence-electron chi connectivity index (χ2n) is 19.5. The summed E-state index contributed by atoms with van der Waals surface area (Å²) in [5, 5.41) is 0. The molecule has 0 heterocycles. The van der Waals surface area contributed by atoms with E-state index in [0.717, 1.165) is 116 Å². The van der Waals surface area contributed by atoms with Crippen LogP contribution in [0.15, 0.2) is 146 Å². The standard InChI is InChI=1S/C69H110O6/c1-4-7-10-13-16-18-20-22-24-26-28-29-30-31-32-33-34-35-36-37-38-39-41-42-44-46-48-50-53-56-59-62-68(71)74-65-66(64-73-67(70)61-58-55-52-15-12-9-6-3)75-69(72)63-60-57-54-51-49-47-45-43-40-27-25-23-21-19-17-14-11-8-5-2/h7-8,10-11,16-19,22-25,28-29,31-32,34-35,40,43,47,49,54,57,66H,4-6,9,12-15,20-21,26-27,30,33,36-39,41-42,44-46,48,50-53,55-56,58-65H2,1-3H3/b10-7-,11-8-,18-16-,19-17-,24-22-,25-23-,29-28-,32-31-,35-34-,43-40-,49-47-,57-54-. The Morgan fingerprint density at radius 1 is 0.280 bits per heavy atom. The quantitative estimate of drug-likeness (QED) is 0.0261. The summed E-state index contributed by atoms with van der Waals surface area (Å²) >= 11 is 0. The van der Waals surface area contributed by atoms with Crippen molar-refractivity contribution in [1.29, 1.82) is 0 Å². The van der Waals surface area contributed by atoms with Crippen molar-refractivity contribution in [3.8, 4) is 0 Å². The molecule has 0 aromatic carbocycles. The third-order valence-electron chi connectivity index (χ3n) is 12.4. The Morgan fingerprint density at radius 2 is 0.547 bits per heavy atom.